The van der Waals surface area contributed by atoms with E-state index in [1.165, 1.54) is 15.9 Å². The second-order valence-corrected chi connectivity index (χ2v) is 9.57. The summed E-state index contributed by atoms with van der Waals surface area (Å²) in [5, 5.41) is 8.86. The molecule has 0 aliphatic carbocycles. The highest BCUT2D eigenvalue weighted by Crippen LogP contribution is 2.31. The summed E-state index contributed by atoms with van der Waals surface area (Å²) in [6.45, 7) is 4.79. The van der Waals surface area contributed by atoms with Gasteiger partial charge in [-0.05, 0) is 62.2 Å². The van der Waals surface area contributed by atoms with Crippen molar-refractivity contribution in [1.29, 1.82) is 0 Å². The molecule has 9 nitrogen and oxygen atoms in total. The normalized spacial score (nSPS) is 15.3. The van der Waals surface area contributed by atoms with Crippen LogP contribution in [-0.2, 0) is 14.3 Å². The van der Waals surface area contributed by atoms with Gasteiger partial charge in [0.2, 0.25) is 0 Å². The lowest BCUT2D eigenvalue weighted by Crippen LogP contribution is -2.40. The molecule has 0 unspecified atom stereocenters. The Morgan fingerprint density at radius 1 is 1.16 bits per heavy atom. The molecule has 2 aromatic carbocycles. The molecule has 10 heteroatoms. The van der Waals surface area contributed by atoms with Crippen LogP contribution in [0.2, 0.25) is 0 Å². The minimum Gasteiger partial charge on any atom is -0.497 e. The number of hydrogen-bond acceptors (Lipinski definition) is 8. The number of nitrogens with zero attached hydrogens (tertiary/aromatic N) is 2. The van der Waals surface area contributed by atoms with Gasteiger partial charge < -0.3 is 19.3 Å². The Morgan fingerprint density at radius 3 is 2.54 bits per heavy atom. The number of aliphatic carboxylic acids is 1. The summed E-state index contributed by atoms with van der Waals surface area (Å²) in [6, 6.07) is 13.2. The van der Waals surface area contributed by atoms with Gasteiger partial charge >= 0.3 is 11.9 Å². The van der Waals surface area contributed by atoms with E-state index < -0.39 is 24.6 Å². The van der Waals surface area contributed by atoms with Crippen LogP contribution in [0.25, 0.3) is 6.08 Å². The summed E-state index contributed by atoms with van der Waals surface area (Å²) in [5.74, 6) is -0.600. The number of benzene rings is 2. The molecule has 2 heterocycles. The number of esters is 1. The molecule has 1 aromatic heterocycles. The number of carbonyl (C=O) groups excluding carboxylic acids is 1. The number of ether oxygens (including phenoxy) is 3. The van der Waals surface area contributed by atoms with Crippen molar-refractivity contribution < 1.29 is 28.9 Å². The lowest BCUT2D eigenvalue weighted by atomic mass is 9.96. The lowest BCUT2D eigenvalue weighted by molar-refractivity contribution is -0.143. The van der Waals surface area contributed by atoms with E-state index in [1.54, 1.807) is 70.4 Å². The molecule has 1 atom stereocenters. The van der Waals surface area contributed by atoms with Crippen molar-refractivity contribution in [2.24, 2.45) is 4.99 Å². The maximum Gasteiger partial charge on any atom is 0.341 e. The molecule has 3 aromatic rings. The van der Waals surface area contributed by atoms with Gasteiger partial charge in [-0.1, -0.05) is 35.6 Å². The third-order valence-corrected chi connectivity index (χ3v) is 6.52. The third kappa shape index (κ3) is 5.64. The number of rotatable bonds is 8. The first kappa shape index (κ1) is 25.9. The average Bonchev–Trinajstić information content (AvgIpc) is 3.16. The van der Waals surface area contributed by atoms with Crippen LogP contribution in [0, 0.1) is 0 Å². The Bertz CT molecular complexity index is 1550. The highest BCUT2D eigenvalue weighted by atomic mass is 32.1. The van der Waals surface area contributed by atoms with Gasteiger partial charge in [0.15, 0.2) is 11.4 Å². The number of thiazole rings is 1. The van der Waals surface area contributed by atoms with Crippen LogP contribution in [-0.4, -0.2) is 41.4 Å². The molecule has 192 valence electrons. The fourth-order valence-corrected chi connectivity index (χ4v) is 5.00. The monoisotopic (exact) mass is 522 g/mol. The molecule has 0 spiro atoms. The van der Waals surface area contributed by atoms with Crippen LogP contribution < -0.4 is 24.4 Å². The molecule has 0 amide bonds. The van der Waals surface area contributed by atoms with E-state index in [0.717, 1.165) is 0 Å². The summed E-state index contributed by atoms with van der Waals surface area (Å²) in [6.07, 6.45) is 1.35. The van der Waals surface area contributed by atoms with Gasteiger partial charge in [-0.25, -0.2) is 14.6 Å². The minimum atomic E-state index is -1.08. The van der Waals surface area contributed by atoms with Crippen LogP contribution in [0.15, 0.2) is 69.6 Å². The molecule has 1 N–H and O–H groups in total. The first-order valence-electron chi connectivity index (χ1n) is 11.5. The maximum atomic E-state index is 13.7. The summed E-state index contributed by atoms with van der Waals surface area (Å²) in [5.41, 5.74) is 1.82. The third-order valence-electron chi connectivity index (χ3n) is 5.53. The van der Waals surface area contributed by atoms with E-state index in [1.807, 2.05) is 12.1 Å². The molecule has 37 heavy (non-hydrogen) atoms. The van der Waals surface area contributed by atoms with Gasteiger partial charge in [0.05, 0.1) is 35.1 Å². The van der Waals surface area contributed by atoms with Crippen molar-refractivity contribution >= 4 is 29.4 Å². The first-order valence-corrected chi connectivity index (χ1v) is 12.3. The Morgan fingerprint density at radius 2 is 1.89 bits per heavy atom. The predicted octanol–water partition coefficient (Wildman–Crippen LogP) is 2.66. The zero-order chi connectivity index (χ0) is 26.7. The van der Waals surface area contributed by atoms with Gasteiger partial charge in [-0.15, -0.1) is 0 Å². The quantitative estimate of drug-likeness (QED) is 0.452. The van der Waals surface area contributed by atoms with Gasteiger partial charge in [0.1, 0.15) is 11.5 Å². The SMILES string of the molecule is COc1ccc([C@H]2C(C(=O)OC(C)C)=C(C)N=c3s/c(=C\c4cccc(OCC(=O)O)c4)c(=O)n32)cc1. The number of carboxylic acids is 1. The largest absolute Gasteiger partial charge is 0.497 e. The number of allylic oxidation sites excluding steroid dienone is 1. The fourth-order valence-electron chi connectivity index (χ4n) is 3.95. The highest BCUT2D eigenvalue weighted by molar-refractivity contribution is 7.07. The average molecular weight is 523 g/mol. The van der Waals surface area contributed by atoms with Crippen LogP contribution in [0.1, 0.15) is 37.9 Å². The van der Waals surface area contributed by atoms with E-state index in [9.17, 15) is 14.4 Å². The zero-order valence-corrected chi connectivity index (χ0v) is 21.6. The van der Waals surface area contributed by atoms with Crippen molar-refractivity contribution in [3.8, 4) is 11.5 Å². The second-order valence-electron chi connectivity index (χ2n) is 8.56. The van der Waals surface area contributed by atoms with E-state index in [-0.39, 0.29) is 11.7 Å². The first-order chi connectivity index (χ1) is 17.7. The summed E-state index contributed by atoms with van der Waals surface area (Å²) in [7, 11) is 1.56. The topological polar surface area (TPSA) is 116 Å². The van der Waals surface area contributed by atoms with Gasteiger partial charge in [0.25, 0.3) is 5.56 Å². The number of carboxylic acid groups (broad SMARTS) is 1. The van der Waals surface area contributed by atoms with Crippen LogP contribution >= 0.6 is 11.3 Å². The summed E-state index contributed by atoms with van der Waals surface area (Å²) in [4.78, 5) is 42.7. The molecule has 0 fully saturated rings. The molecule has 1 aliphatic rings. The summed E-state index contributed by atoms with van der Waals surface area (Å²) < 4.78 is 17.9. The molecule has 0 radical (unpaired) electrons. The van der Waals surface area contributed by atoms with Crippen molar-refractivity contribution in [1.82, 2.24) is 4.57 Å². The number of fused-ring (bicyclic) bond motifs is 1. The van der Waals surface area contributed by atoms with Crippen molar-refractivity contribution in [3.05, 3.63) is 90.6 Å². The highest BCUT2D eigenvalue weighted by Gasteiger charge is 2.33. The molecule has 0 bridgehead atoms. The van der Waals surface area contributed by atoms with E-state index in [4.69, 9.17) is 19.3 Å². The molecule has 0 saturated heterocycles. The Balaban J connectivity index is 1.85. The smallest absolute Gasteiger partial charge is 0.341 e. The van der Waals surface area contributed by atoms with E-state index in [2.05, 4.69) is 4.99 Å². The number of aromatic nitrogens is 1. The molecular weight excluding hydrogens is 496 g/mol. The molecule has 1 aliphatic heterocycles. The van der Waals surface area contributed by atoms with Crippen molar-refractivity contribution in [2.75, 3.05) is 13.7 Å². The van der Waals surface area contributed by atoms with Gasteiger partial charge in [0, 0.05) is 0 Å². The zero-order valence-electron chi connectivity index (χ0n) is 20.8. The predicted molar refractivity (Wildman–Crippen MR) is 138 cm³/mol. The maximum absolute atomic E-state index is 13.7. The molecular formula is C27H26N2O7S. The van der Waals surface area contributed by atoms with Crippen molar-refractivity contribution in [3.63, 3.8) is 0 Å². The van der Waals surface area contributed by atoms with E-state index in [0.29, 0.717) is 43.2 Å². The number of methoxy groups -OCH3 is 1. The fraction of sp³-hybridized carbons (Fsp3) is 0.259. The van der Waals surface area contributed by atoms with Crippen molar-refractivity contribution in [2.45, 2.75) is 32.9 Å². The minimum absolute atomic E-state index is 0.293. The molecule has 0 saturated carbocycles. The number of carbonyl (C=O) groups is 2. The van der Waals surface area contributed by atoms with E-state index >= 15 is 0 Å². The van der Waals surface area contributed by atoms with Crippen LogP contribution in [0.5, 0.6) is 11.5 Å². The molecule has 4 rings (SSSR count). The lowest BCUT2D eigenvalue weighted by Gasteiger charge is -2.25. The van der Waals surface area contributed by atoms with Gasteiger partial charge in [-0.3, -0.25) is 9.36 Å². The van der Waals surface area contributed by atoms with Crippen LogP contribution in [0.3, 0.4) is 0 Å². The standard InChI is InChI=1S/C27H26N2O7S/c1-15(2)36-26(33)23-16(3)28-27-29(24(23)18-8-10-19(34-4)11-9-18)25(32)21(37-27)13-17-6-5-7-20(12-17)35-14-22(30)31/h5-13,15,24H,14H2,1-4H3,(H,30,31)/b21-13-/t24-/m0/s1. The summed E-state index contributed by atoms with van der Waals surface area (Å²) >= 11 is 1.20. The Labute approximate surface area is 216 Å². The Hall–Kier alpha value is -4.18. The second kappa shape index (κ2) is 10.8. The number of hydrogen-bond donors (Lipinski definition) is 1. The Kier molecular flexibility index (Phi) is 7.58. The van der Waals surface area contributed by atoms with Crippen LogP contribution in [0.4, 0.5) is 0 Å². The van der Waals surface area contributed by atoms with Gasteiger partial charge in [-0.2, -0.15) is 0 Å².